The molecule has 0 aliphatic heterocycles. The third kappa shape index (κ3) is 3.33. The Morgan fingerprint density at radius 3 is 2.65 bits per heavy atom. The zero-order valence-corrected chi connectivity index (χ0v) is 11.0. The fourth-order valence-electron chi connectivity index (χ4n) is 2.18. The molecule has 1 fully saturated rings. The normalized spacial score (nSPS) is 22.1. The molecule has 1 aromatic rings. The number of carbonyl (C=O) groups excluding carboxylic acids is 1. The van der Waals surface area contributed by atoms with Gasteiger partial charge in [0.05, 0.1) is 6.61 Å². The number of ether oxygens (including phenoxy) is 1. The molecule has 108 valence electrons. The van der Waals surface area contributed by atoms with Crippen LogP contribution in [-0.2, 0) is 14.3 Å². The van der Waals surface area contributed by atoms with Gasteiger partial charge >= 0.3 is 5.97 Å². The molecule has 0 spiro atoms. The third-order valence-electron chi connectivity index (χ3n) is 3.37. The lowest BCUT2D eigenvalue weighted by Crippen LogP contribution is -2.44. The summed E-state index contributed by atoms with van der Waals surface area (Å²) in [5.41, 5.74) is 0.894. The van der Waals surface area contributed by atoms with Gasteiger partial charge in [0.15, 0.2) is 6.04 Å². The number of aliphatic carboxylic acids is 1. The van der Waals surface area contributed by atoms with Crippen molar-refractivity contribution in [3.63, 3.8) is 0 Å². The van der Waals surface area contributed by atoms with E-state index in [0.29, 0.717) is 6.42 Å². The van der Waals surface area contributed by atoms with E-state index in [1.165, 1.54) is 19.2 Å². The Bertz CT molecular complexity index is 502. The molecule has 1 saturated carbocycles. The molecule has 2 N–H and O–H groups in total. The van der Waals surface area contributed by atoms with Crippen molar-refractivity contribution in [1.29, 1.82) is 0 Å². The van der Waals surface area contributed by atoms with Crippen LogP contribution in [0, 0.1) is 11.7 Å². The minimum absolute atomic E-state index is 0.0348. The molecule has 0 aromatic heterocycles. The number of amides is 1. The molecule has 2 rings (SSSR count). The van der Waals surface area contributed by atoms with Crippen molar-refractivity contribution in [3.05, 3.63) is 35.6 Å². The van der Waals surface area contributed by atoms with E-state index in [9.17, 15) is 14.0 Å². The van der Waals surface area contributed by atoms with Gasteiger partial charge in [-0.1, -0.05) is 12.1 Å². The maximum absolute atomic E-state index is 12.8. The zero-order chi connectivity index (χ0) is 14.7. The van der Waals surface area contributed by atoms with Crippen LogP contribution in [0.25, 0.3) is 0 Å². The van der Waals surface area contributed by atoms with E-state index < -0.39 is 12.0 Å². The minimum Gasteiger partial charge on any atom is -0.480 e. The van der Waals surface area contributed by atoms with Crippen LogP contribution in [-0.4, -0.2) is 36.7 Å². The fourth-order valence-corrected chi connectivity index (χ4v) is 2.18. The molecule has 0 heterocycles. The van der Waals surface area contributed by atoms with Crippen LogP contribution in [0.15, 0.2) is 24.3 Å². The first kappa shape index (κ1) is 14.5. The summed E-state index contributed by atoms with van der Waals surface area (Å²) in [5.74, 6) is -1.96. The molecule has 5 nitrogen and oxygen atoms in total. The van der Waals surface area contributed by atoms with E-state index in [1.807, 2.05) is 0 Å². The first-order chi connectivity index (χ1) is 9.52. The van der Waals surface area contributed by atoms with E-state index in [0.717, 1.165) is 5.56 Å². The van der Waals surface area contributed by atoms with Gasteiger partial charge in [-0.15, -0.1) is 0 Å². The second kappa shape index (κ2) is 6.00. The molecule has 1 amide bonds. The quantitative estimate of drug-likeness (QED) is 0.820. The number of carbonyl (C=O) groups is 2. The summed E-state index contributed by atoms with van der Waals surface area (Å²) in [5, 5.41) is 11.4. The summed E-state index contributed by atoms with van der Waals surface area (Å²) < 4.78 is 17.6. The molecule has 1 aromatic carbocycles. The van der Waals surface area contributed by atoms with Crippen LogP contribution >= 0.6 is 0 Å². The van der Waals surface area contributed by atoms with Gasteiger partial charge in [-0.05, 0) is 30.0 Å². The van der Waals surface area contributed by atoms with Crippen LogP contribution in [0.2, 0.25) is 0 Å². The Kier molecular flexibility index (Phi) is 4.34. The molecule has 0 radical (unpaired) electrons. The number of hydrogen-bond donors (Lipinski definition) is 2. The first-order valence-electron chi connectivity index (χ1n) is 6.30. The maximum atomic E-state index is 12.8. The highest BCUT2D eigenvalue weighted by Gasteiger charge is 2.44. The summed E-state index contributed by atoms with van der Waals surface area (Å²) in [6, 6.07) is 4.97. The van der Waals surface area contributed by atoms with E-state index in [4.69, 9.17) is 9.84 Å². The molecule has 1 aliphatic carbocycles. The average Bonchev–Trinajstić information content (AvgIpc) is 3.19. The Morgan fingerprint density at radius 1 is 1.45 bits per heavy atom. The van der Waals surface area contributed by atoms with Crippen LogP contribution < -0.4 is 5.32 Å². The summed E-state index contributed by atoms with van der Waals surface area (Å²) in [6.45, 7) is -0.0744. The largest absolute Gasteiger partial charge is 0.480 e. The number of rotatable bonds is 6. The molecule has 1 aliphatic rings. The number of carboxylic acids is 1. The maximum Gasteiger partial charge on any atom is 0.328 e. The summed E-state index contributed by atoms with van der Waals surface area (Å²) >= 11 is 0. The molecule has 6 heteroatoms. The molecule has 0 bridgehead atoms. The predicted molar refractivity (Wildman–Crippen MR) is 68.7 cm³/mol. The summed E-state index contributed by atoms with van der Waals surface area (Å²) in [7, 11) is 1.38. The minimum atomic E-state index is -1.13. The van der Waals surface area contributed by atoms with Gasteiger partial charge in [-0.2, -0.15) is 0 Å². The molecular weight excluding hydrogens is 265 g/mol. The van der Waals surface area contributed by atoms with Crippen LogP contribution in [0.4, 0.5) is 4.39 Å². The van der Waals surface area contributed by atoms with Gasteiger partial charge in [0.25, 0.3) is 0 Å². The van der Waals surface area contributed by atoms with E-state index in [2.05, 4.69) is 5.32 Å². The molecule has 0 saturated heterocycles. The molecular formula is C14H16FNO4. The number of carboxylic acid groups (broad SMARTS) is 1. The SMILES string of the molecule is COCC(NC(=O)C1CC1c1ccc(F)cc1)C(=O)O. The van der Waals surface area contributed by atoms with Gasteiger partial charge in [0.2, 0.25) is 5.91 Å². The highest BCUT2D eigenvalue weighted by atomic mass is 19.1. The van der Waals surface area contributed by atoms with E-state index >= 15 is 0 Å². The number of hydrogen-bond acceptors (Lipinski definition) is 3. The van der Waals surface area contributed by atoms with E-state index in [1.54, 1.807) is 12.1 Å². The Hall–Kier alpha value is -1.95. The summed E-state index contributed by atoms with van der Waals surface area (Å²) in [4.78, 5) is 22.9. The Morgan fingerprint density at radius 2 is 2.10 bits per heavy atom. The van der Waals surface area contributed by atoms with Crippen molar-refractivity contribution in [2.24, 2.45) is 5.92 Å². The highest BCUT2D eigenvalue weighted by Crippen LogP contribution is 2.47. The van der Waals surface area contributed by atoms with Crippen LogP contribution in [0.3, 0.4) is 0 Å². The second-order valence-corrected chi connectivity index (χ2v) is 4.85. The van der Waals surface area contributed by atoms with Crippen LogP contribution in [0.1, 0.15) is 17.9 Å². The Balaban J connectivity index is 1.92. The van der Waals surface area contributed by atoms with Crippen molar-refractivity contribution in [3.8, 4) is 0 Å². The van der Waals surface area contributed by atoms with Crippen molar-refractivity contribution in [2.45, 2.75) is 18.4 Å². The predicted octanol–water partition coefficient (Wildman–Crippen LogP) is 1.15. The lowest BCUT2D eigenvalue weighted by atomic mass is 10.1. The van der Waals surface area contributed by atoms with Gasteiger partial charge < -0.3 is 15.2 Å². The number of methoxy groups -OCH3 is 1. The fraction of sp³-hybridized carbons (Fsp3) is 0.429. The van der Waals surface area contributed by atoms with Crippen molar-refractivity contribution in [1.82, 2.24) is 5.32 Å². The van der Waals surface area contributed by atoms with Crippen molar-refractivity contribution in [2.75, 3.05) is 13.7 Å². The lowest BCUT2D eigenvalue weighted by molar-refractivity contribution is -0.143. The standard InChI is InChI=1S/C14H16FNO4/c1-20-7-12(14(18)19)16-13(17)11-6-10(11)8-2-4-9(15)5-3-8/h2-5,10-12H,6-7H2,1H3,(H,16,17)(H,18,19). The van der Waals surface area contributed by atoms with Gasteiger partial charge in [0, 0.05) is 13.0 Å². The van der Waals surface area contributed by atoms with Crippen molar-refractivity contribution >= 4 is 11.9 Å². The van der Waals surface area contributed by atoms with Gasteiger partial charge in [0.1, 0.15) is 5.82 Å². The molecule has 3 unspecified atom stereocenters. The van der Waals surface area contributed by atoms with Gasteiger partial charge in [-0.25, -0.2) is 9.18 Å². The Labute approximate surface area is 115 Å². The monoisotopic (exact) mass is 281 g/mol. The van der Waals surface area contributed by atoms with Crippen molar-refractivity contribution < 1.29 is 23.8 Å². The third-order valence-corrected chi connectivity index (χ3v) is 3.37. The number of nitrogens with one attached hydrogen (secondary N) is 1. The average molecular weight is 281 g/mol. The molecule has 20 heavy (non-hydrogen) atoms. The first-order valence-corrected chi connectivity index (χ1v) is 6.30. The molecule has 3 atom stereocenters. The number of halogens is 1. The van der Waals surface area contributed by atoms with E-state index in [-0.39, 0.29) is 30.2 Å². The smallest absolute Gasteiger partial charge is 0.328 e. The summed E-state index contributed by atoms with van der Waals surface area (Å²) in [6.07, 6.45) is 0.650. The second-order valence-electron chi connectivity index (χ2n) is 4.85. The highest BCUT2D eigenvalue weighted by molar-refractivity contribution is 5.87. The number of benzene rings is 1. The van der Waals surface area contributed by atoms with Gasteiger partial charge in [-0.3, -0.25) is 4.79 Å². The lowest BCUT2D eigenvalue weighted by Gasteiger charge is -2.13. The zero-order valence-electron chi connectivity index (χ0n) is 11.0. The van der Waals surface area contributed by atoms with Crippen LogP contribution in [0.5, 0.6) is 0 Å². The topological polar surface area (TPSA) is 75.6 Å².